The number of hydrogen-bond acceptors (Lipinski definition) is 2. The molecular weight excluding hydrogens is 222 g/mol. The van der Waals surface area contributed by atoms with Crippen LogP contribution in [0.1, 0.15) is 37.3 Å². The zero-order valence-electron chi connectivity index (χ0n) is 9.76. The Balaban J connectivity index is 2.10. The fourth-order valence-corrected chi connectivity index (χ4v) is 2.45. The highest BCUT2D eigenvalue weighted by atomic mass is 19.1. The molecule has 0 heterocycles. The number of halogens is 2. The molecule has 1 aliphatic rings. The zero-order valence-corrected chi connectivity index (χ0v) is 9.76. The summed E-state index contributed by atoms with van der Waals surface area (Å²) in [7, 11) is 0. The molecule has 2 rings (SSSR count). The first-order valence-corrected chi connectivity index (χ1v) is 6.12. The molecule has 1 fully saturated rings. The van der Waals surface area contributed by atoms with Gasteiger partial charge < -0.3 is 11.1 Å². The van der Waals surface area contributed by atoms with Crippen LogP contribution in [0.5, 0.6) is 0 Å². The van der Waals surface area contributed by atoms with Gasteiger partial charge in [-0.15, -0.1) is 0 Å². The Bertz CT molecular complexity index is 376. The van der Waals surface area contributed by atoms with Crippen molar-refractivity contribution >= 4 is 0 Å². The summed E-state index contributed by atoms with van der Waals surface area (Å²) in [6.07, 6.45) is 4.64. The zero-order chi connectivity index (χ0) is 12.3. The normalized spacial score (nSPS) is 18.5. The van der Waals surface area contributed by atoms with E-state index in [-0.39, 0.29) is 6.04 Å². The Morgan fingerprint density at radius 3 is 2.59 bits per heavy atom. The molecule has 0 radical (unpaired) electrons. The second-order valence-electron chi connectivity index (χ2n) is 4.60. The van der Waals surface area contributed by atoms with Gasteiger partial charge in [-0.05, 0) is 18.9 Å². The third-order valence-corrected chi connectivity index (χ3v) is 3.37. The van der Waals surface area contributed by atoms with Crippen LogP contribution in [0, 0.1) is 11.6 Å². The fraction of sp³-hybridized carbons (Fsp3) is 0.538. The van der Waals surface area contributed by atoms with Crippen LogP contribution >= 0.6 is 0 Å². The lowest BCUT2D eigenvalue weighted by Crippen LogP contribution is -2.35. The number of nitrogens with two attached hydrogens (primary N) is 1. The van der Waals surface area contributed by atoms with E-state index in [1.165, 1.54) is 25.0 Å². The van der Waals surface area contributed by atoms with Crippen LogP contribution in [-0.2, 0) is 0 Å². The first-order valence-electron chi connectivity index (χ1n) is 6.12. The van der Waals surface area contributed by atoms with E-state index in [9.17, 15) is 8.78 Å². The average Bonchev–Trinajstić information content (AvgIpc) is 2.79. The minimum atomic E-state index is -0.553. The highest BCUT2D eigenvalue weighted by Crippen LogP contribution is 2.23. The smallest absolute Gasteiger partial charge is 0.130 e. The van der Waals surface area contributed by atoms with Crippen LogP contribution in [0.25, 0.3) is 0 Å². The van der Waals surface area contributed by atoms with Crippen LogP contribution < -0.4 is 11.1 Å². The van der Waals surface area contributed by atoms with Crippen molar-refractivity contribution in [2.45, 2.75) is 37.8 Å². The molecule has 0 bridgehead atoms. The minimum Gasteiger partial charge on any atom is -0.329 e. The molecule has 2 nitrogen and oxygen atoms in total. The molecule has 3 N–H and O–H groups in total. The van der Waals surface area contributed by atoms with Crippen molar-refractivity contribution in [3.05, 3.63) is 35.4 Å². The largest absolute Gasteiger partial charge is 0.329 e. The molecule has 0 spiro atoms. The van der Waals surface area contributed by atoms with E-state index < -0.39 is 11.6 Å². The Morgan fingerprint density at radius 1 is 1.29 bits per heavy atom. The summed E-state index contributed by atoms with van der Waals surface area (Å²) in [5.41, 5.74) is 6.13. The highest BCUT2D eigenvalue weighted by Gasteiger charge is 2.21. The van der Waals surface area contributed by atoms with Gasteiger partial charge in [-0.2, -0.15) is 0 Å². The molecule has 0 saturated heterocycles. The third-order valence-electron chi connectivity index (χ3n) is 3.37. The quantitative estimate of drug-likeness (QED) is 0.848. The molecule has 4 heteroatoms. The predicted octanol–water partition coefficient (Wildman–Crippen LogP) is 2.50. The molecule has 1 aliphatic carbocycles. The molecule has 94 valence electrons. The summed E-state index contributed by atoms with van der Waals surface area (Å²) >= 11 is 0. The van der Waals surface area contributed by atoms with Crippen molar-refractivity contribution in [1.29, 1.82) is 0 Å². The fourth-order valence-electron chi connectivity index (χ4n) is 2.45. The summed E-state index contributed by atoms with van der Waals surface area (Å²) in [5, 5.41) is 3.35. The lowest BCUT2D eigenvalue weighted by molar-refractivity contribution is 0.429. The maximum atomic E-state index is 13.6. The van der Waals surface area contributed by atoms with Crippen molar-refractivity contribution < 1.29 is 8.78 Å². The van der Waals surface area contributed by atoms with Gasteiger partial charge in [0, 0.05) is 30.3 Å². The predicted molar refractivity (Wildman–Crippen MR) is 63.5 cm³/mol. The standard InChI is InChI=1S/C13H18F2N2/c14-9-5-6-11(12(15)7-9)13(8-16)17-10-3-1-2-4-10/h5-7,10,13,17H,1-4,8,16H2. The van der Waals surface area contributed by atoms with Crippen molar-refractivity contribution in [2.75, 3.05) is 6.54 Å². The SMILES string of the molecule is NCC(NC1CCCC1)c1ccc(F)cc1F. The maximum Gasteiger partial charge on any atom is 0.130 e. The summed E-state index contributed by atoms with van der Waals surface area (Å²) in [4.78, 5) is 0. The number of nitrogens with one attached hydrogen (secondary N) is 1. The van der Waals surface area contributed by atoms with Gasteiger partial charge in [0.15, 0.2) is 0 Å². The summed E-state index contributed by atoms with van der Waals surface area (Å²) in [6, 6.07) is 3.85. The van der Waals surface area contributed by atoms with Gasteiger partial charge >= 0.3 is 0 Å². The van der Waals surface area contributed by atoms with E-state index in [0.717, 1.165) is 18.9 Å². The molecule has 0 aromatic heterocycles. The van der Waals surface area contributed by atoms with E-state index in [1.807, 2.05) is 0 Å². The van der Waals surface area contributed by atoms with Gasteiger partial charge in [0.25, 0.3) is 0 Å². The summed E-state index contributed by atoms with van der Waals surface area (Å²) in [5.74, 6) is -1.08. The Labute approximate surface area is 100 Å². The van der Waals surface area contributed by atoms with Gasteiger partial charge in [0.05, 0.1) is 0 Å². The van der Waals surface area contributed by atoms with Gasteiger partial charge in [-0.3, -0.25) is 0 Å². The van der Waals surface area contributed by atoms with E-state index in [0.29, 0.717) is 18.2 Å². The van der Waals surface area contributed by atoms with Crippen LogP contribution in [0.4, 0.5) is 8.78 Å². The topological polar surface area (TPSA) is 38.0 Å². The van der Waals surface area contributed by atoms with E-state index >= 15 is 0 Å². The molecule has 0 aliphatic heterocycles. The molecule has 1 aromatic carbocycles. The van der Waals surface area contributed by atoms with Crippen LogP contribution in [0.3, 0.4) is 0 Å². The van der Waals surface area contributed by atoms with Crippen LogP contribution in [0.15, 0.2) is 18.2 Å². The Hall–Kier alpha value is -1.00. The van der Waals surface area contributed by atoms with Gasteiger partial charge in [0.2, 0.25) is 0 Å². The van der Waals surface area contributed by atoms with Crippen molar-refractivity contribution in [3.63, 3.8) is 0 Å². The Morgan fingerprint density at radius 2 is 2.00 bits per heavy atom. The second kappa shape index (κ2) is 5.56. The van der Waals surface area contributed by atoms with E-state index in [2.05, 4.69) is 5.32 Å². The molecule has 1 aromatic rings. The molecule has 0 amide bonds. The van der Waals surface area contributed by atoms with E-state index in [4.69, 9.17) is 5.73 Å². The van der Waals surface area contributed by atoms with Crippen molar-refractivity contribution in [2.24, 2.45) is 5.73 Å². The van der Waals surface area contributed by atoms with Crippen molar-refractivity contribution in [1.82, 2.24) is 5.32 Å². The summed E-state index contributed by atoms with van der Waals surface area (Å²) < 4.78 is 26.5. The maximum absolute atomic E-state index is 13.6. The van der Waals surface area contributed by atoms with Crippen LogP contribution in [0.2, 0.25) is 0 Å². The molecule has 1 saturated carbocycles. The number of benzene rings is 1. The number of hydrogen-bond donors (Lipinski definition) is 2. The van der Waals surface area contributed by atoms with Gasteiger partial charge in [0.1, 0.15) is 11.6 Å². The lowest BCUT2D eigenvalue weighted by Gasteiger charge is -2.22. The number of rotatable bonds is 4. The molecule has 1 unspecified atom stereocenters. The average molecular weight is 240 g/mol. The second-order valence-corrected chi connectivity index (χ2v) is 4.60. The van der Waals surface area contributed by atoms with Crippen LogP contribution in [-0.4, -0.2) is 12.6 Å². The molecular formula is C13H18F2N2. The van der Waals surface area contributed by atoms with Gasteiger partial charge in [-0.1, -0.05) is 18.9 Å². The molecule has 17 heavy (non-hydrogen) atoms. The van der Waals surface area contributed by atoms with Crippen molar-refractivity contribution in [3.8, 4) is 0 Å². The first-order chi connectivity index (χ1) is 8.20. The van der Waals surface area contributed by atoms with E-state index in [1.54, 1.807) is 0 Å². The molecule has 1 atom stereocenters. The third kappa shape index (κ3) is 3.01. The Kier molecular flexibility index (Phi) is 4.07. The summed E-state index contributed by atoms with van der Waals surface area (Å²) in [6.45, 7) is 0.319. The monoisotopic (exact) mass is 240 g/mol. The lowest BCUT2D eigenvalue weighted by atomic mass is 10.0. The first kappa shape index (κ1) is 12.5. The van der Waals surface area contributed by atoms with Gasteiger partial charge in [-0.25, -0.2) is 8.78 Å². The minimum absolute atomic E-state index is 0.223. The highest BCUT2D eigenvalue weighted by molar-refractivity contribution is 5.22.